The Morgan fingerprint density at radius 1 is 1.18 bits per heavy atom. The van der Waals surface area contributed by atoms with Crippen LogP contribution in [0.5, 0.6) is 0 Å². The summed E-state index contributed by atoms with van der Waals surface area (Å²) < 4.78 is 39.8. The number of aromatic nitrogens is 4. The number of pyridine rings is 1. The number of carbonyl (C=O) groups excluding carboxylic acids is 1. The highest BCUT2D eigenvalue weighted by Crippen LogP contribution is 2.32. The highest BCUT2D eigenvalue weighted by atomic mass is 35.5. The fourth-order valence-electron chi connectivity index (χ4n) is 2.24. The van der Waals surface area contributed by atoms with E-state index in [1.807, 2.05) is 0 Å². The van der Waals surface area contributed by atoms with Crippen LogP contribution in [-0.2, 0) is 17.5 Å². The van der Waals surface area contributed by atoms with Gasteiger partial charge in [0.25, 0.3) is 0 Å². The van der Waals surface area contributed by atoms with Gasteiger partial charge >= 0.3 is 6.18 Å². The van der Waals surface area contributed by atoms with E-state index in [9.17, 15) is 18.0 Å². The lowest BCUT2D eigenvalue weighted by atomic mass is 10.3. The van der Waals surface area contributed by atoms with Crippen LogP contribution in [0, 0.1) is 0 Å². The van der Waals surface area contributed by atoms with Gasteiger partial charge in [-0.2, -0.15) is 13.2 Å². The Morgan fingerprint density at radius 2 is 1.89 bits per heavy atom. The minimum atomic E-state index is -4.45. The fourth-order valence-corrected chi connectivity index (χ4v) is 3.17. The van der Waals surface area contributed by atoms with Crippen molar-refractivity contribution in [1.82, 2.24) is 25.1 Å². The van der Waals surface area contributed by atoms with E-state index in [2.05, 4.69) is 20.5 Å². The van der Waals surface area contributed by atoms with Crippen LogP contribution in [0.4, 0.5) is 13.2 Å². The van der Waals surface area contributed by atoms with Crippen molar-refractivity contribution in [3.8, 4) is 5.69 Å². The Morgan fingerprint density at radius 3 is 2.46 bits per heavy atom. The van der Waals surface area contributed by atoms with Gasteiger partial charge in [-0.25, -0.2) is 4.98 Å². The number of amides is 1. The van der Waals surface area contributed by atoms with Gasteiger partial charge in [-0.1, -0.05) is 11.6 Å². The molecule has 2 heterocycles. The molecule has 0 saturated carbocycles. The van der Waals surface area contributed by atoms with Crippen LogP contribution in [0.2, 0.25) is 5.02 Å². The Kier molecular flexibility index (Phi) is 5.90. The lowest BCUT2D eigenvalue weighted by Gasteiger charge is -2.11. The van der Waals surface area contributed by atoms with Crippen molar-refractivity contribution in [1.29, 1.82) is 0 Å². The third-order valence-electron chi connectivity index (χ3n) is 3.54. The quantitative estimate of drug-likeness (QED) is 0.663. The van der Waals surface area contributed by atoms with Gasteiger partial charge in [-0.15, -0.1) is 10.2 Å². The molecule has 0 unspecified atom stereocenters. The molecule has 1 aromatic carbocycles. The van der Waals surface area contributed by atoms with Gasteiger partial charge < -0.3 is 5.32 Å². The zero-order valence-corrected chi connectivity index (χ0v) is 15.9. The number of alkyl halides is 3. The van der Waals surface area contributed by atoms with Crippen molar-refractivity contribution in [3.05, 3.63) is 59.0 Å². The monoisotopic (exact) mass is 427 g/mol. The Balaban J connectivity index is 1.94. The van der Waals surface area contributed by atoms with E-state index in [1.165, 1.54) is 13.0 Å². The number of halogens is 4. The smallest absolute Gasteiger partial charge is 0.349 e. The van der Waals surface area contributed by atoms with Crippen LogP contribution in [0.1, 0.15) is 18.3 Å². The van der Waals surface area contributed by atoms with Crippen LogP contribution in [0.3, 0.4) is 0 Å². The van der Waals surface area contributed by atoms with Crippen molar-refractivity contribution >= 4 is 29.3 Å². The molecule has 0 aliphatic carbocycles. The second-order valence-corrected chi connectivity index (χ2v) is 7.03. The maximum absolute atomic E-state index is 12.7. The van der Waals surface area contributed by atoms with Crippen LogP contribution in [0.15, 0.2) is 52.8 Å². The van der Waals surface area contributed by atoms with Gasteiger partial charge in [-0.3, -0.25) is 9.36 Å². The summed E-state index contributed by atoms with van der Waals surface area (Å²) in [5.41, 5.74) is -0.147. The molecule has 28 heavy (non-hydrogen) atoms. The van der Waals surface area contributed by atoms with Gasteiger partial charge in [0.1, 0.15) is 5.03 Å². The predicted octanol–water partition coefficient (Wildman–Crippen LogP) is 4.12. The van der Waals surface area contributed by atoms with E-state index in [-0.39, 0.29) is 12.5 Å². The molecule has 6 nitrogen and oxygen atoms in total. The number of benzene rings is 1. The maximum atomic E-state index is 12.7. The Bertz CT molecular complexity index is 974. The van der Waals surface area contributed by atoms with Gasteiger partial charge in [0, 0.05) is 23.8 Å². The average Bonchev–Trinajstić information content (AvgIpc) is 3.03. The van der Waals surface area contributed by atoms with Gasteiger partial charge in [-0.05, 0) is 48.2 Å². The SMILES string of the molecule is CC(=O)NCc1nnc(Sc2ccc(C(F)(F)F)cn2)n1-c1ccc(Cl)cc1. The summed E-state index contributed by atoms with van der Waals surface area (Å²) in [7, 11) is 0. The van der Waals surface area contributed by atoms with E-state index in [1.54, 1.807) is 28.8 Å². The summed E-state index contributed by atoms with van der Waals surface area (Å²) in [6, 6.07) is 9.08. The molecule has 0 bridgehead atoms. The van der Waals surface area contributed by atoms with E-state index in [0.29, 0.717) is 26.7 Å². The largest absolute Gasteiger partial charge is 0.417 e. The lowest BCUT2D eigenvalue weighted by Crippen LogP contribution is -2.21. The Hall–Kier alpha value is -2.59. The van der Waals surface area contributed by atoms with Gasteiger partial charge in [0.2, 0.25) is 11.1 Å². The molecule has 1 N–H and O–H groups in total. The lowest BCUT2D eigenvalue weighted by molar-refractivity contribution is -0.137. The summed E-state index contributed by atoms with van der Waals surface area (Å²) in [5.74, 6) is 0.219. The number of carbonyl (C=O) groups is 1. The zero-order chi connectivity index (χ0) is 20.3. The number of rotatable bonds is 5. The van der Waals surface area contributed by atoms with Gasteiger partial charge in [0.15, 0.2) is 5.82 Å². The first-order chi connectivity index (χ1) is 13.2. The first-order valence-electron chi connectivity index (χ1n) is 7.90. The molecule has 0 aliphatic rings. The van der Waals surface area contributed by atoms with E-state index < -0.39 is 11.7 Å². The highest BCUT2D eigenvalue weighted by molar-refractivity contribution is 7.99. The van der Waals surface area contributed by atoms with Crippen molar-refractivity contribution in [3.63, 3.8) is 0 Å². The zero-order valence-electron chi connectivity index (χ0n) is 14.4. The normalized spacial score (nSPS) is 11.5. The number of nitrogens with one attached hydrogen (secondary N) is 1. The molecule has 2 aromatic heterocycles. The molecule has 11 heteroatoms. The summed E-state index contributed by atoms with van der Waals surface area (Å²) >= 11 is 6.99. The Labute approximate surface area is 167 Å². The number of hydrogen-bond donors (Lipinski definition) is 1. The number of nitrogens with zero attached hydrogens (tertiary/aromatic N) is 4. The third kappa shape index (κ3) is 4.82. The third-order valence-corrected chi connectivity index (χ3v) is 4.69. The second-order valence-electron chi connectivity index (χ2n) is 5.61. The predicted molar refractivity (Wildman–Crippen MR) is 97.3 cm³/mol. The fraction of sp³-hybridized carbons (Fsp3) is 0.176. The van der Waals surface area contributed by atoms with E-state index >= 15 is 0 Å². The van der Waals surface area contributed by atoms with Crippen LogP contribution in [-0.4, -0.2) is 25.7 Å². The minimum absolute atomic E-state index is 0.131. The standard InChI is InChI=1S/C17H13ClF3N5OS/c1-10(27)22-9-14-24-25-16(26(14)13-5-3-12(18)4-6-13)28-15-7-2-11(8-23-15)17(19,20)21/h2-8H,9H2,1H3,(H,22,27). The molecule has 0 aliphatic heterocycles. The summed E-state index contributed by atoms with van der Waals surface area (Å²) in [6.45, 7) is 1.51. The molecule has 1 amide bonds. The first-order valence-corrected chi connectivity index (χ1v) is 9.09. The van der Waals surface area contributed by atoms with Crippen molar-refractivity contribution in [2.45, 2.75) is 29.8 Å². The summed E-state index contributed by atoms with van der Waals surface area (Å²) in [4.78, 5) is 15.1. The summed E-state index contributed by atoms with van der Waals surface area (Å²) in [6.07, 6.45) is -3.69. The molecule has 0 spiro atoms. The highest BCUT2D eigenvalue weighted by Gasteiger charge is 2.30. The van der Waals surface area contributed by atoms with Crippen molar-refractivity contribution in [2.24, 2.45) is 0 Å². The second kappa shape index (κ2) is 8.19. The van der Waals surface area contributed by atoms with E-state index in [0.717, 1.165) is 24.0 Å². The molecule has 146 valence electrons. The molecular formula is C17H13ClF3N5OS. The molecule has 0 fully saturated rings. The van der Waals surface area contributed by atoms with Crippen LogP contribution < -0.4 is 5.32 Å². The molecule has 3 aromatic rings. The first kappa shape index (κ1) is 20.2. The molecule has 0 saturated heterocycles. The summed E-state index contributed by atoms with van der Waals surface area (Å²) in [5, 5.41) is 12.1. The van der Waals surface area contributed by atoms with Gasteiger partial charge in [0.05, 0.1) is 12.1 Å². The molecule has 0 radical (unpaired) electrons. The van der Waals surface area contributed by atoms with Crippen molar-refractivity contribution in [2.75, 3.05) is 0 Å². The maximum Gasteiger partial charge on any atom is 0.417 e. The molecule has 0 atom stereocenters. The van der Waals surface area contributed by atoms with Crippen LogP contribution >= 0.6 is 23.4 Å². The molecule has 3 rings (SSSR count). The number of hydrogen-bond acceptors (Lipinski definition) is 5. The van der Waals surface area contributed by atoms with E-state index in [4.69, 9.17) is 11.6 Å². The minimum Gasteiger partial charge on any atom is -0.349 e. The van der Waals surface area contributed by atoms with Crippen LogP contribution in [0.25, 0.3) is 5.69 Å². The average molecular weight is 428 g/mol. The van der Waals surface area contributed by atoms with Crippen molar-refractivity contribution < 1.29 is 18.0 Å². The topological polar surface area (TPSA) is 72.7 Å². The molecular weight excluding hydrogens is 415 g/mol.